The summed E-state index contributed by atoms with van der Waals surface area (Å²) in [7, 11) is 3.10. The molecule has 1 fully saturated rings. The van der Waals surface area contributed by atoms with Crippen molar-refractivity contribution >= 4 is 28.7 Å². The van der Waals surface area contributed by atoms with Gasteiger partial charge >= 0.3 is 5.69 Å². The van der Waals surface area contributed by atoms with E-state index in [0.717, 1.165) is 23.2 Å². The van der Waals surface area contributed by atoms with Crippen LogP contribution in [0, 0.1) is 0 Å². The third kappa shape index (κ3) is 4.30. The first-order chi connectivity index (χ1) is 16.8. The van der Waals surface area contributed by atoms with Crippen molar-refractivity contribution in [2.24, 2.45) is 14.1 Å². The molecule has 1 saturated heterocycles. The molecule has 11 heteroatoms. The van der Waals surface area contributed by atoms with Gasteiger partial charge in [0, 0.05) is 25.7 Å². The van der Waals surface area contributed by atoms with Crippen LogP contribution in [0.3, 0.4) is 0 Å². The smallest absolute Gasteiger partial charge is 0.332 e. The van der Waals surface area contributed by atoms with Gasteiger partial charge in [-0.05, 0) is 29.8 Å². The first-order valence-corrected chi connectivity index (χ1v) is 11.8. The number of imidazole rings is 1. The zero-order valence-electron chi connectivity index (χ0n) is 19.5. The number of aromatic nitrogens is 4. The molecule has 4 heterocycles. The summed E-state index contributed by atoms with van der Waals surface area (Å²) in [6.07, 6.45) is 1.50. The second-order valence-corrected chi connectivity index (χ2v) is 9.25. The highest BCUT2D eigenvalue weighted by Crippen LogP contribution is 2.16. The summed E-state index contributed by atoms with van der Waals surface area (Å²) in [4.78, 5) is 46.0. The number of nitrogens with zero attached hydrogens (tertiary/aromatic N) is 5. The first-order valence-electron chi connectivity index (χ1n) is 11.4. The highest BCUT2D eigenvalue weighted by molar-refractivity contribution is 6.30. The van der Waals surface area contributed by atoms with Gasteiger partial charge in [-0.25, -0.2) is 9.78 Å². The molecule has 1 aliphatic rings. The van der Waals surface area contributed by atoms with E-state index < -0.39 is 5.69 Å². The second kappa shape index (κ2) is 9.20. The number of amides is 1. The minimum absolute atomic E-state index is 0.109. The average molecular weight is 498 g/mol. The van der Waals surface area contributed by atoms with Crippen LogP contribution in [0.25, 0.3) is 11.2 Å². The predicted octanol–water partition coefficient (Wildman–Crippen LogP) is 0.269. The van der Waals surface area contributed by atoms with Gasteiger partial charge in [0.2, 0.25) is 0 Å². The molecule has 10 nitrogen and oxygen atoms in total. The fourth-order valence-electron chi connectivity index (χ4n) is 4.55. The van der Waals surface area contributed by atoms with Crippen molar-refractivity contribution in [1.29, 1.82) is 0 Å². The maximum absolute atomic E-state index is 13.1. The molecule has 3 aromatic heterocycles. The monoisotopic (exact) mass is 497 g/mol. The number of hydrogen-bond donors (Lipinski definition) is 1. The van der Waals surface area contributed by atoms with Crippen molar-refractivity contribution in [3.8, 4) is 0 Å². The molecular weight excluding hydrogens is 472 g/mol. The molecule has 0 radical (unpaired) electrons. The van der Waals surface area contributed by atoms with Gasteiger partial charge in [-0.3, -0.25) is 18.7 Å². The van der Waals surface area contributed by atoms with Crippen LogP contribution in [0.15, 0.2) is 56.7 Å². The van der Waals surface area contributed by atoms with Crippen LogP contribution in [0.4, 0.5) is 0 Å². The van der Waals surface area contributed by atoms with Crippen LogP contribution >= 0.6 is 11.6 Å². The van der Waals surface area contributed by atoms with E-state index in [1.807, 2.05) is 28.8 Å². The molecule has 4 aromatic rings. The third-order valence-corrected chi connectivity index (χ3v) is 6.83. The van der Waals surface area contributed by atoms with E-state index in [0.29, 0.717) is 54.0 Å². The average Bonchev–Trinajstić information content (AvgIpc) is 3.52. The summed E-state index contributed by atoms with van der Waals surface area (Å²) in [5.41, 5.74) is 0.940. The normalized spacial score (nSPS) is 14.7. The molecule has 182 valence electrons. The Bertz CT molecular complexity index is 1490. The number of benzene rings is 1. The van der Waals surface area contributed by atoms with Crippen molar-refractivity contribution in [1.82, 2.24) is 23.6 Å². The van der Waals surface area contributed by atoms with Gasteiger partial charge in [0.1, 0.15) is 6.54 Å². The van der Waals surface area contributed by atoms with Crippen molar-refractivity contribution in [3.63, 3.8) is 0 Å². The SMILES string of the molecule is Cn1c(=O)c2c(nc(C[NH+]3CCN(C(=O)c4ccco4)CC3)n2Cc2ccc(Cl)cc2)n(C)c1=O. The number of carbonyl (C=O) groups excluding carboxylic acids is 1. The third-order valence-electron chi connectivity index (χ3n) is 6.58. The van der Waals surface area contributed by atoms with E-state index >= 15 is 0 Å². The van der Waals surface area contributed by atoms with E-state index in [-0.39, 0.29) is 11.5 Å². The lowest BCUT2D eigenvalue weighted by Crippen LogP contribution is -3.13. The van der Waals surface area contributed by atoms with E-state index in [9.17, 15) is 14.4 Å². The number of furan rings is 1. The van der Waals surface area contributed by atoms with E-state index in [1.54, 1.807) is 24.1 Å². The summed E-state index contributed by atoms with van der Waals surface area (Å²) < 4.78 is 9.66. The standard InChI is InChI=1S/C24H25ClN6O4/c1-27-21-20(23(33)28(2)24(27)34)31(14-16-5-7-17(25)8-6-16)19(26-21)15-29-9-11-30(12-10-29)22(32)18-4-3-13-35-18/h3-8,13H,9-12,14-15H2,1-2H3/p+1. The van der Waals surface area contributed by atoms with Crippen LogP contribution < -0.4 is 16.1 Å². The summed E-state index contributed by atoms with van der Waals surface area (Å²) in [6.45, 7) is 3.62. The Morgan fingerprint density at radius 2 is 1.80 bits per heavy atom. The molecule has 0 saturated carbocycles. The van der Waals surface area contributed by atoms with Crippen LogP contribution in [0.5, 0.6) is 0 Å². The molecule has 0 spiro atoms. The van der Waals surface area contributed by atoms with E-state index in [2.05, 4.69) is 0 Å². The molecule has 1 N–H and O–H groups in total. The summed E-state index contributed by atoms with van der Waals surface area (Å²) in [5.74, 6) is 0.951. The fourth-order valence-corrected chi connectivity index (χ4v) is 4.68. The lowest BCUT2D eigenvalue weighted by atomic mass is 10.2. The van der Waals surface area contributed by atoms with Gasteiger partial charge in [-0.1, -0.05) is 23.7 Å². The summed E-state index contributed by atoms with van der Waals surface area (Å²) in [6, 6.07) is 10.8. The molecule has 0 aliphatic carbocycles. The Hall–Kier alpha value is -3.63. The number of rotatable bonds is 5. The Kier molecular flexibility index (Phi) is 6.08. The lowest BCUT2D eigenvalue weighted by molar-refractivity contribution is -0.918. The molecule has 1 aliphatic heterocycles. The Morgan fingerprint density at radius 3 is 2.46 bits per heavy atom. The van der Waals surface area contributed by atoms with Gasteiger partial charge in [0.15, 0.2) is 22.7 Å². The molecular formula is C24H26ClN6O4+. The Morgan fingerprint density at radius 1 is 1.09 bits per heavy atom. The number of halogens is 1. The maximum Gasteiger partial charge on any atom is 0.332 e. The molecule has 0 bridgehead atoms. The summed E-state index contributed by atoms with van der Waals surface area (Å²) in [5, 5.41) is 0.634. The van der Waals surface area contributed by atoms with Crippen LogP contribution in [0.1, 0.15) is 21.9 Å². The van der Waals surface area contributed by atoms with E-state index in [4.69, 9.17) is 21.0 Å². The van der Waals surface area contributed by atoms with E-state index in [1.165, 1.54) is 22.8 Å². The second-order valence-electron chi connectivity index (χ2n) is 8.81. The number of nitrogens with one attached hydrogen (secondary N) is 1. The van der Waals surface area contributed by atoms with Gasteiger partial charge in [0.05, 0.1) is 32.4 Å². The highest BCUT2D eigenvalue weighted by Gasteiger charge is 2.28. The van der Waals surface area contributed by atoms with Crippen LogP contribution in [-0.4, -0.2) is 55.7 Å². The van der Waals surface area contributed by atoms with Gasteiger partial charge in [0.25, 0.3) is 11.5 Å². The number of quaternary nitrogens is 1. The highest BCUT2D eigenvalue weighted by atomic mass is 35.5. The molecule has 1 aromatic carbocycles. The Balaban J connectivity index is 1.45. The van der Waals surface area contributed by atoms with Crippen LogP contribution in [0.2, 0.25) is 5.02 Å². The topological polar surface area (TPSA) is 99.7 Å². The van der Waals surface area contributed by atoms with Gasteiger partial charge in [-0.15, -0.1) is 0 Å². The lowest BCUT2D eigenvalue weighted by Gasteiger charge is -2.31. The van der Waals surface area contributed by atoms with Gasteiger partial charge in [-0.2, -0.15) is 0 Å². The number of hydrogen-bond acceptors (Lipinski definition) is 5. The van der Waals surface area contributed by atoms with Crippen molar-refractivity contribution in [3.05, 3.63) is 85.7 Å². The summed E-state index contributed by atoms with van der Waals surface area (Å²) >= 11 is 6.05. The first kappa shape index (κ1) is 23.1. The minimum Gasteiger partial charge on any atom is -0.459 e. The zero-order valence-corrected chi connectivity index (χ0v) is 20.3. The van der Waals surface area contributed by atoms with Crippen molar-refractivity contribution in [2.75, 3.05) is 26.2 Å². The zero-order chi connectivity index (χ0) is 24.7. The Labute approximate surface area is 205 Å². The van der Waals surface area contributed by atoms with Crippen molar-refractivity contribution < 1.29 is 14.1 Å². The predicted molar refractivity (Wildman–Crippen MR) is 130 cm³/mol. The maximum atomic E-state index is 13.1. The molecule has 0 unspecified atom stereocenters. The molecule has 0 atom stereocenters. The fraction of sp³-hybridized carbons (Fsp3) is 0.333. The molecule has 5 rings (SSSR count). The van der Waals surface area contributed by atoms with Gasteiger partial charge < -0.3 is 18.8 Å². The number of carbonyl (C=O) groups is 1. The minimum atomic E-state index is -0.414. The van der Waals surface area contributed by atoms with Crippen LogP contribution in [-0.2, 0) is 27.2 Å². The van der Waals surface area contributed by atoms with Crippen molar-refractivity contribution in [2.45, 2.75) is 13.1 Å². The number of aryl methyl sites for hydroxylation is 1. The molecule has 1 amide bonds. The number of piperazine rings is 1. The quantitative estimate of drug-likeness (QED) is 0.426. The largest absolute Gasteiger partial charge is 0.459 e. The number of fused-ring (bicyclic) bond motifs is 1. The molecule has 35 heavy (non-hydrogen) atoms.